The lowest BCUT2D eigenvalue weighted by Gasteiger charge is -2.11. The van der Waals surface area contributed by atoms with E-state index in [0.29, 0.717) is 0 Å². The number of aromatic hydroxyl groups is 1. The third-order valence-corrected chi connectivity index (χ3v) is 2.26. The standard InChI is InChI=1S/C10H9Cl2NO3/c1-5(14)6-3-2-4-7(15)8(6)13-10(16)9(11)12/h2-4,9,15H,1H3,(H,13,16). The molecule has 1 aromatic carbocycles. The Kier molecular flexibility index (Phi) is 4.15. The minimum Gasteiger partial charge on any atom is -0.506 e. The Bertz CT molecular complexity index is 432. The highest BCUT2D eigenvalue weighted by Crippen LogP contribution is 2.28. The molecule has 0 heterocycles. The largest absolute Gasteiger partial charge is 0.506 e. The molecule has 6 heteroatoms. The Balaban J connectivity index is 3.11. The van der Waals surface area contributed by atoms with Gasteiger partial charge in [-0.3, -0.25) is 9.59 Å². The van der Waals surface area contributed by atoms with Crippen molar-refractivity contribution in [2.75, 3.05) is 5.32 Å². The Labute approximate surface area is 102 Å². The maximum Gasteiger partial charge on any atom is 0.257 e. The Hall–Kier alpha value is -1.26. The predicted molar refractivity (Wildman–Crippen MR) is 62.2 cm³/mol. The van der Waals surface area contributed by atoms with Crippen LogP contribution in [0, 0.1) is 0 Å². The molecule has 16 heavy (non-hydrogen) atoms. The Morgan fingerprint density at radius 1 is 1.38 bits per heavy atom. The van der Waals surface area contributed by atoms with Crippen molar-refractivity contribution in [3.63, 3.8) is 0 Å². The molecule has 1 aromatic rings. The minimum absolute atomic E-state index is 0.0197. The first kappa shape index (κ1) is 12.8. The van der Waals surface area contributed by atoms with E-state index in [1.165, 1.54) is 25.1 Å². The number of halogens is 2. The number of rotatable bonds is 3. The molecule has 0 aromatic heterocycles. The number of phenols is 1. The van der Waals surface area contributed by atoms with E-state index in [0.717, 1.165) is 0 Å². The maximum atomic E-state index is 11.2. The summed E-state index contributed by atoms with van der Waals surface area (Å²) in [4.78, 5) is 21.2. The maximum absolute atomic E-state index is 11.2. The van der Waals surface area contributed by atoms with E-state index >= 15 is 0 Å². The van der Waals surface area contributed by atoms with E-state index < -0.39 is 10.7 Å². The molecule has 0 unspecified atom stereocenters. The van der Waals surface area contributed by atoms with E-state index in [-0.39, 0.29) is 22.8 Å². The lowest BCUT2D eigenvalue weighted by molar-refractivity contribution is -0.114. The third kappa shape index (κ3) is 2.87. The van der Waals surface area contributed by atoms with Gasteiger partial charge in [0, 0.05) is 5.56 Å². The number of ketones is 1. The molecular weight excluding hydrogens is 253 g/mol. The number of hydrogen-bond donors (Lipinski definition) is 2. The van der Waals surface area contributed by atoms with Gasteiger partial charge in [-0.05, 0) is 19.1 Å². The number of Topliss-reactive ketones (excluding diaryl/α,β-unsaturated/α-hetero) is 1. The predicted octanol–water partition coefficient (Wildman–Crippen LogP) is 2.34. The third-order valence-electron chi connectivity index (χ3n) is 1.87. The molecular formula is C10H9Cl2NO3. The van der Waals surface area contributed by atoms with Crippen LogP contribution in [0.25, 0.3) is 0 Å². The fourth-order valence-corrected chi connectivity index (χ4v) is 1.25. The van der Waals surface area contributed by atoms with Crippen LogP contribution in [0.5, 0.6) is 5.75 Å². The molecule has 2 N–H and O–H groups in total. The second-order valence-electron chi connectivity index (χ2n) is 3.05. The molecule has 0 saturated heterocycles. The highest BCUT2D eigenvalue weighted by Gasteiger charge is 2.17. The fourth-order valence-electron chi connectivity index (χ4n) is 1.14. The number of carbonyl (C=O) groups excluding carboxylic acids is 2. The molecule has 0 radical (unpaired) electrons. The Morgan fingerprint density at radius 3 is 2.50 bits per heavy atom. The van der Waals surface area contributed by atoms with Gasteiger partial charge in [-0.25, -0.2) is 0 Å². The lowest BCUT2D eigenvalue weighted by atomic mass is 10.1. The van der Waals surface area contributed by atoms with Crippen LogP contribution in [0.15, 0.2) is 18.2 Å². The summed E-state index contributed by atoms with van der Waals surface area (Å²) in [6.07, 6.45) is 0. The number of nitrogens with one attached hydrogen (secondary N) is 1. The summed E-state index contributed by atoms with van der Waals surface area (Å²) < 4.78 is 0. The second kappa shape index (κ2) is 5.18. The molecule has 1 rings (SSSR count). The zero-order valence-electron chi connectivity index (χ0n) is 8.33. The zero-order valence-corrected chi connectivity index (χ0v) is 9.84. The number of hydrogen-bond acceptors (Lipinski definition) is 3. The summed E-state index contributed by atoms with van der Waals surface area (Å²) >= 11 is 10.7. The summed E-state index contributed by atoms with van der Waals surface area (Å²) in [6.45, 7) is 1.32. The van der Waals surface area contributed by atoms with E-state index in [4.69, 9.17) is 23.2 Å². The van der Waals surface area contributed by atoms with Crippen molar-refractivity contribution < 1.29 is 14.7 Å². The van der Waals surface area contributed by atoms with Gasteiger partial charge in [0.2, 0.25) is 0 Å². The molecule has 0 aliphatic heterocycles. The van der Waals surface area contributed by atoms with Crippen LogP contribution >= 0.6 is 23.2 Å². The number of carbonyl (C=O) groups is 2. The number of alkyl halides is 2. The molecule has 4 nitrogen and oxygen atoms in total. The fraction of sp³-hybridized carbons (Fsp3) is 0.200. The van der Waals surface area contributed by atoms with E-state index in [1.54, 1.807) is 0 Å². The number of phenolic OH excluding ortho intramolecular Hbond substituents is 1. The molecule has 0 fully saturated rings. The van der Waals surface area contributed by atoms with Crippen LogP contribution in [0.1, 0.15) is 17.3 Å². The molecule has 0 atom stereocenters. The summed E-state index contributed by atoms with van der Waals surface area (Å²) in [5.74, 6) is -1.20. The Morgan fingerprint density at radius 2 is 2.00 bits per heavy atom. The minimum atomic E-state index is -1.26. The smallest absolute Gasteiger partial charge is 0.257 e. The summed E-state index contributed by atoms with van der Waals surface area (Å²) in [7, 11) is 0. The van der Waals surface area contributed by atoms with Crippen molar-refractivity contribution in [3.8, 4) is 5.75 Å². The van der Waals surface area contributed by atoms with Gasteiger partial charge in [0.1, 0.15) is 5.75 Å². The van der Waals surface area contributed by atoms with E-state index in [1.807, 2.05) is 0 Å². The van der Waals surface area contributed by atoms with Crippen LogP contribution in [-0.2, 0) is 4.79 Å². The van der Waals surface area contributed by atoms with Crippen LogP contribution < -0.4 is 5.32 Å². The topological polar surface area (TPSA) is 66.4 Å². The van der Waals surface area contributed by atoms with Crippen LogP contribution in [0.4, 0.5) is 5.69 Å². The quantitative estimate of drug-likeness (QED) is 0.499. The molecule has 1 amide bonds. The van der Waals surface area contributed by atoms with Gasteiger partial charge in [0.05, 0.1) is 5.69 Å². The van der Waals surface area contributed by atoms with Crippen LogP contribution in [0.3, 0.4) is 0 Å². The summed E-state index contributed by atoms with van der Waals surface area (Å²) in [5.41, 5.74) is 0.216. The highest BCUT2D eigenvalue weighted by molar-refractivity contribution is 6.54. The summed E-state index contributed by atoms with van der Waals surface area (Å²) in [6, 6.07) is 4.33. The van der Waals surface area contributed by atoms with Gasteiger partial charge in [0.25, 0.3) is 5.91 Å². The second-order valence-corrected chi connectivity index (χ2v) is 4.14. The summed E-state index contributed by atoms with van der Waals surface area (Å²) in [5, 5.41) is 11.8. The molecule has 0 spiro atoms. The number of benzene rings is 1. The van der Waals surface area contributed by atoms with Crippen molar-refractivity contribution in [2.45, 2.75) is 11.8 Å². The number of anilines is 1. The van der Waals surface area contributed by atoms with Gasteiger partial charge in [-0.15, -0.1) is 0 Å². The van der Waals surface area contributed by atoms with Crippen LogP contribution in [0.2, 0.25) is 0 Å². The van der Waals surface area contributed by atoms with Crippen molar-refractivity contribution in [3.05, 3.63) is 23.8 Å². The van der Waals surface area contributed by atoms with Crippen molar-refractivity contribution >= 4 is 40.6 Å². The first-order valence-corrected chi connectivity index (χ1v) is 5.22. The molecule has 0 bridgehead atoms. The van der Waals surface area contributed by atoms with Crippen LogP contribution in [-0.4, -0.2) is 21.6 Å². The normalized spacial score (nSPS) is 10.2. The first-order valence-electron chi connectivity index (χ1n) is 4.35. The molecule has 86 valence electrons. The van der Waals surface area contributed by atoms with Gasteiger partial charge >= 0.3 is 0 Å². The van der Waals surface area contributed by atoms with Gasteiger partial charge in [-0.2, -0.15) is 0 Å². The van der Waals surface area contributed by atoms with Gasteiger partial charge in [-0.1, -0.05) is 29.3 Å². The van der Waals surface area contributed by atoms with Crippen molar-refractivity contribution in [2.24, 2.45) is 0 Å². The van der Waals surface area contributed by atoms with E-state index in [9.17, 15) is 14.7 Å². The molecule has 0 saturated carbocycles. The van der Waals surface area contributed by atoms with Crippen molar-refractivity contribution in [1.29, 1.82) is 0 Å². The monoisotopic (exact) mass is 261 g/mol. The van der Waals surface area contributed by atoms with Gasteiger partial charge in [0.15, 0.2) is 10.6 Å². The SMILES string of the molecule is CC(=O)c1cccc(O)c1NC(=O)C(Cl)Cl. The lowest BCUT2D eigenvalue weighted by Crippen LogP contribution is -2.20. The molecule has 0 aliphatic carbocycles. The zero-order chi connectivity index (χ0) is 12.3. The molecule has 0 aliphatic rings. The average Bonchev–Trinajstić information content (AvgIpc) is 2.20. The van der Waals surface area contributed by atoms with Gasteiger partial charge < -0.3 is 10.4 Å². The average molecular weight is 262 g/mol. The highest BCUT2D eigenvalue weighted by atomic mass is 35.5. The van der Waals surface area contributed by atoms with Crippen molar-refractivity contribution in [1.82, 2.24) is 0 Å². The number of amides is 1. The first-order chi connectivity index (χ1) is 7.43. The van der Waals surface area contributed by atoms with E-state index in [2.05, 4.69) is 5.32 Å². The number of para-hydroxylation sites is 1.